The predicted octanol–water partition coefficient (Wildman–Crippen LogP) is 2.84. The molecule has 2 nitrogen and oxygen atoms in total. The van der Waals surface area contributed by atoms with E-state index < -0.39 is 0 Å². The minimum atomic E-state index is 0.658. The van der Waals surface area contributed by atoms with Gasteiger partial charge >= 0.3 is 0 Å². The molecule has 0 aromatic carbocycles. The number of nitrogens with zero attached hydrogens (tertiary/aromatic N) is 1. The van der Waals surface area contributed by atoms with Gasteiger partial charge in [0.1, 0.15) is 6.61 Å². The maximum absolute atomic E-state index is 4.68. The second kappa shape index (κ2) is 11.3. The van der Waals surface area contributed by atoms with Gasteiger partial charge in [0, 0.05) is 0 Å². The molecule has 0 bridgehead atoms. The Bertz CT molecular complexity index is 75.3. The van der Waals surface area contributed by atoms with Crippen molar-refractivity contribution in [3.05, 3.63) is 0 Å². The molecule has 0 unspecified atom stereocenters. The Morgan fingerprint density at radius 1 is 1.20 bits per heavy atom. The van der Waals surface area contributed by atoms with Crippen molar-refractivity contribution in [3.63, 3.8) is 0 Å². The lowest BCUT2D eigenvalue weighted by molar-refractivity contribution is 0.158. The Morgan fingerprint density at radius 3 is 1.70 bits per heavy atom. The van der Waals surface area contributed by atoms with Crippen LogP contribution >= 0.6 is 0 Å². The topological polar surface area (TPSA) is 21.6 Å². The minimum absolute atomic E-state index is 0.658. The third-order valence-electron chi connectivity index (χ3n) is 0.376. The lowest BCUT2D eigenvalue weighted by Crippen LogP contribution is -1.84. The monoisotopic (exact) mass is 145 g/mol. The van der Waals surface area contributed by atoms with Crippen molar-refractivity contribution >= 4 is 5.71 Å². The van der Waals surface area contributed by atoms with E-state index in [0.717, 1.165) is 5.71 Å². The fourth-order valence-electron chi connectivity index (χ4n) is 0.194. The van der Waals surface area contributed by atoms with Gasteiger partial charge in [-0.15, -0.1) is 0 Å². The van der Waals surface area contributed by atoms with Crippen LogP contribution in [-0.4, -0.2) is 12.3 Å². The van der Waals surface area contributed by atoms with Crippen LogP contribution in [0.25, 0.3) is 0 Å². The van der Waals surface area contributed by atoms with Crippen LogP contribution in [0, 0.1) is 0 Å². The molecule has 0 fully saturated rings. The number of hydrogen-bond donors (Lipinski definition) is 0. The summed E-state index contributed by atoms with van der Waals surface area (Å²) in [6.45, 7) is 10.6. The molecule has 0 N–H and O–H groups in total. The SMILES string of the molecule is CCC.CCON=C(C)C. The average molecular weight is 145 g/mol. The summed E-state index contributed by atoms with van der Waals surface area (Å²) in [5.74, 6) is 0. The lowest BCUT2D eigenvalue weighted by atomic mass is 10.5. The molecule has 10 heavy (non-hydrogen) atoms. The van der Waals surface area contributed by atoms with Gasteiger partial charge in [-0.05, 0) is 20.8 Å². The van der Waals surface area contributed by atoms with E-state index in [1.165, 1.54) is 6.42 Å². The number of oxime groups is 1. The summed E-state index contributed by atoms with van der Waals surface area (Å²) in [7, 11) is 0. The number of rotatable bonds is 2. The highest BCUT2D eigenvalue weighted by atomic mass is 16.6. The van der Waals surface area contributed by atoms with Gasteiger partial charge in [-0.1, -0.05) is 25.4 Å². The third-order valence-corrected chi connectivity index (χ3v) is 0.376. The molecule has 0 aromatic rings. The van der Waals surface area contributed by atoms with Crippen LogP contribution in [0.5, 0.6) is 0 Å². The molecule has 0 amide bonds. The first-order valence-corrected chi connectivity index (χ1v) is 3.82. The van der Waals surface area contributed by atoms with E-state index in [4.69, 9.17) is 0 Å². The number of hydrogen-bond acceptors (Lipinski definition) is 2. The van der Waals surface area contributed by atoms with Crippen molar-refractivity contribution in [3.8, 4) is 0 Å². The highest BCUT2D eigenvalue weighted by molar-refractivity contribution is 5.78. The molecule has 0 spiro atoms. The molecule has 0 aliphatic heterocycles. The first kappa shape index (κ1) is 12.2. The normalized spacial score (nSPS) is 7.30. The van der Waals surface area contributed by atoms with Crippen LogP contribution < -0.4 is 0 Å². The summed E-state index contributed by atoms with van der Waals surface area (Å²) in [6, 6.07) is 0. The molecule has 0 saturated carbocycles. The third kappa shape index (κ3) is 26.0. The van der Waals surface area contributed by atoms with E-state index >= 15 is 0 Å². The van der Waals surface area contributed by atoms with Crippen LogP contribution in [-0.2, 0) is 4.84 Å². The molecule has 0 radical (unpaired) electrons. The summed E-state index contributed by atoms with van der Waals surface area (Å²) in [6.07, 6.45) is 1.25. The maximum atomic E-state index is 4.68. The molecule has 0 heterocycles. The van der Waals surface area contributed by atoms with Gasteiger partial charge in [0.25, 0.3) is 0 Å². The van der Waals surface area contributed by atoms with E-state index in [9.17, 15) is 0 Å². The van der Waals surface area contributed by atoms with E-state index in [1.54, 1.807) is 0 Å². The van der Waals surface area contributed by atoms with Gasteiger partial charge in [-0.3, -0.25) is 0 Å². The van der Waals surface area contributed by atoms with Gasteiger partial charge in [0.05, 0.1) is 5.71 Å². The van der Waals surface area contributed by atoms with Crippen molar-refractivity contribution in [1.29, 1.82) is 0 Å². The van der Waals surface area contributed by atoms with E-state index in [1.807, 2.05) is 20.8 Å². The lowest BCUT2D eigenvalue weighted by Gasteiger charge is -1.89. The molecule has 0 aliphatic rings. The van der Waals surface area contributed by atoms with Crippen LogP contribution in [0.15, 0.2) is 5.16 Å². The second-order valence-corrected chi connectivity index (χ2v) is 2.16. The zero-order valence-corrected chi connectivity index (χ0v) is 7.77. The van der Waals surface area contributed by atoms with Crippen molar-refractivity contribution in [2.24, 2.45) is 5.16 Å². The zero-order valence-electron chi connectivity index (χ0n) is 7.77. The molecule has 62 valence electrons. The van der Waals surface area contributed by atoms with Crippen molar-refractivity contribution in [2.75, 3.05) is 6.61 Å². The Morgan fingerprint density at radius 2 is 1.60 bits per heavy atom. The Balaban J connectivity index is 0. The standard InChI is InChI=1S/C5H11NO.C3H8/c1-4-7-6-5(2)3;1-3-2/h4H2,1-3H3;3H2,1-2H3. The Kier molecular flexibility index (Phi) is 13.7. The van der Waals surface area contributed by atoms with Gasteiger partial charge in [0.15, 0.2) is 0 Å². The van der Waals surface area contributed by atoms with Crippen molar-refractivity contribution < 1.29 is 4.84 Å². The van der Waals surface area contributed by atoms with Crippen LogP contribution in [0.1, 0.15) is 41.0 Å². The molecule has 0 atom stereocenters. The Hall–Kier alpha value is -0.530. The zero-order chi connectivity index (χ0) is 8.41. The highest BCUT2D eigenvalue weighted by Crippen LogP contribution is 1.76. The predicted molar refractivity (Wildman–Crippen MR) is 46.4 cm³/mol. The highest BCUT2D eigenvalue weighted by Gasteiger charge is 1.73. The van der Waals surface area contributed by atoms with Crippen LogP contribution in [0.3, 0.4) is 0 Å². The first-order valence-electron chi connectivity index (χ1n) is 3.82. The van der Waals surface area contributed by atoms with Gasteiger partial charge in [-0.25, -0.2) is 0 Å². The van der Waals surface area contributed by atoms with Gasteiger partial charge in [-0.2, -0.15) is 0 Å². The first-order chi connectivity index (χ1) is 4.68. The van der Waals surface area contributed by atoms with E-state index in [0.29, 0.717) is 6.61 Å². The molecule has 2 heteroatoms. The fourth-order valence-corrected chi connectivity index (χ4v) is 0.194. The smallest absolute Gasteiger partial charge is 0.114 e. The Labute approximate surface area is 64.3 Å². The van der Waals surface area contributed by atoms with Crippen LogP contribution in [0.2, 0.25) is 0 Å². The second-order valence-electron chi connectivity index (χ2n) is 2.16. The molecule has 0 saturated heterocycles. The van der Waals surface area contributed by atoms with E-state index in [-0.39, 0.29) is 0 Å². The maximum Gasteiger partial charge on any atom is 0.114 e. The van der Waals surface area contributed by atoms with Gasteiger partial charge < -0.3 is 4.84 Å². The molecule has 0 aliphatic carbocycles. The van der Waals surface area contributed by atoms with Crippen molar-refractivity contribution in [2.45, 2.75) is 41.0 Å². The average Bonchev–Trinajstić information content (AvgIpc) is 1.85. The summed E-state index contributed by atoms with van der Waals surface area (Å²) in [4.78, 5) is 4.68. The summed E-state index contributed by atoms with van der Waals surface area (Å²) >= 11 is 0. The summed E-state index contributed by atoms with van der Waals surface area (Å²) in [5.41, 5.74) is 0.960. The van der Waals surface area contributed by atoms with E-state index in [2.05, 4.69) is 23.8 Å². The van der Waals surface area contributed by atoms with Gasteiger partial charge in [0.2, 0.25) is 0 Å². The summed E-state index contributed by atoms with van der Waals surface area (Å²) < 4.78 is 0. The quantitative estimate of drug-likeness (QED) is 0.432. The molecule has 0 rings (SSSR count). The fraction of sp³-hybridized carbons (Fsp3) is 0.875. The molecule has 0 aromatic heterocycles. The van der Waals surface area contributed by atoms with Crippen molar-refractivity contribution in [1.82, 2.24) is 0 Å². The molecular formula is C8H19NO. The largest absolute Gasteiger partial charge is 0.396 e. The minimum Gasteiger partial charge on any atom is -0.396 e. The summed E-state index contributed by atoms with van der Waals surface area (Å²) in [5, 5.41) is 3.66. The molecular weight excluding hydrogens is 126 g/mol. The van der Waals surface area contributed by atoms with Crippen LogP contribution in [0.4, 0.5) is 0 Å².